The van der Waals surface area contributed by atoms with Gasteiger partial charge < -0.3 is 0 Å². The van der Waals surface area contributed by atoms with Gasteiger partial charge in [-0.3, -0.25) is 0 Å². The maximum Gasteiger partial charge on any atom is -0.00172 e. The molecule has 0 radical (unpaired) electrons. The third-order valence-electron chi connectivity index (χ3n) is 2.67. The standard InChI is InChI=1S/C13H21P/c1-3-5-6-11-7-9-12(10-8-11)13(14)4-2/h7-10,13H,3-6,14H2,1-2H3. The van der Waals surface area contributed by atoms with Crippen molar-refractivity contribution in [2.75, 3.05) is 0 Å². The second kappa shape index (κ2) is 6.19. The molecule has 1 aromatic carbocycles. The monoisotopic (exact) mass is 208 g/mol. The van der Waals surface area contributed by atoms with Gasteiger partial charge in [0.1, 0.15) is 0 Å². The minimum atomic E-state index is 0.621. The lowest BCUT2D eigenvalue weighted by molar-refractivity contribution is 0.794. The Kier molecular flexibility index (Phi) is 5.19. The summed E-state index contributed by atoms with van der Waals surface area (Å²) in [6, 6.07) is 9.09. The number of rotatable bonds is 5. The largest absolute Gasteiger partial charge is 0.130 e. The van der Waals surface area contributed by atoms with Crippen molar-refractivity contribution < 1.29 is 0 Å². The summed E-state index contributed by atoms with van der Waals surface area (Å²) in [5.41, 5.74) is 3.54. The topological polar surface area (TPSA) is 0 Å². The Morgan fingerprint density at radius 3 is 2.29 bits per heavy atom. The summed E-state index contributed by atoms with van der Waals surface area (Å²) in [5.74, 6) is 0. The number of hydrogen-bond acceptors (Lipinski definition) is 0. The molecule has 0 fully saturated rings. The average molecular weight is 208 g/mol. The molecule has 2 unspecified atom stereocenters. The Balaban J connectivity index is 2.59. The predicted octanol–water partition coefficient (Wildman–Crippen LogP) is 4.36. The van der Waals surface area contributed by atoms with Crippen LogP contribution in [0.5, 0.6) is 0 Å². The highest BCUT2D eigenvalue weighted by molar-refractivity contribution is 7.17. The molecule has 0 amide bonds. The van der Waals surface area contributed by atoms with E-state index in [0.29, 0.717) is 5.66 Å². The maximum absolute atomic E-state index is 2.90. The Hall–Kier alpha value is -0.350. The van der Waals surface area contributed by atoms with E-state index in [2.05, 4.69) is 47.4 Å². The Labute approximate surface area is 90.3 Å². The summed E-state index contributed by atoms with van der Waals surface area (Å²) in [6.07, 6.45) is 5.00. The zero-order valence-electron chi connectivity index (χ0n) is 9.29. The van der Waals surface area contributed by atoms with Gasteiger partial charge in [-0.05, 0) is 36.0 Å². The Morgan fingerprint density at radius 1 is 1.14 bits per heavy atom. The Morgan fingerprint density at radius 2 is 1.79 bits per heavy atom. The average Bonchev–Trinajstić information content (AvgIpc) is 2.26. The van der Waals surface area contributed by atoms with E-state index in [-0.39, 0.29) is 0 Å². The van der Waals surface area contributed by atoms with E-state index in [9.17, 15) is 0 Å². The first-order valence-electron chi connectivity index (χ1n) is 5.62. The van der Waals surface area contributed by atoms with Crippen molar-refractivity contribution in [2.24, 2.45) is 0 Å². The molecule has 1 rings (SSSR count). The van der Waals surface area contributed by atoms with Gasteiger partial charge in [0.15, 0.2) is 0 Å². The second-order valence-corrected chi connectivity index (χ2v) is 4.66. The highest BCUT2D eigenvalue weighted by atomic mass is 31.0. The lowest BCUT2D eigenvalue weighted by Crippen LogP contribution is -1.89. The molecule has 0 saturated carbocycles. The quantitative estimate of drug-likeness (QED) is 0.631. The summed E-state index contributed by atoms with van der Waals surface area (Å²) in [5, 5.41) is 0. The van der Waals surface area contributed by atoms with Crippen LogP contribution in [0.3, 0.4) is 0 Å². The smallest absolute Gasteiger partial charge is 0.00172 e. The van der Waals surface area contributed by atoms with Gasteiger partial charge in [0, 0.05) is 0 Å². The van der Waals surface area contributed by atoms with Gasteiger partial charge >= 0.3 is 0 Å². The van der Waals surface area contributed by atoms with E-state index < -0.39 is 0 Å². The molecule has 14 heavy (non-hydrogen) atoms. The molecule has 78 valence electrons. The normalized spacial score (nSPS) is 12.8. The first-order chi connectivity index (χ1) is 6.77. The molecule has 0 saturated heterocycles. The van der Waals surface area contributed by atoms with E-state index >= 15 is 0 Å². The van der Waals surface area contributed by atoms with Crippen molar-refractivity contribution in [2.45, 2.75) is 45.2 Å². The van der Waals surface area contributed by atoms with Crippen LogP contribution in [-0.2, 0) is 6.42 Å². The fraction of sp³-hybridized carbons (Fsp3) is 0.538. The van der Waals surface area contributed by atoms with Crippen LogP contribution in [-0.4, -0.2) is 0 Å². The van der Waals surface area contributed by atoms with Crippen LogP contribution in [0.4, 0.5) is 0 Å². The molecule has 0 heterocycles. The predicted molar refractivity (Wildman–Crippen MR) is 67.8 cm³/mol. The fourth-order valence-electron chi connectivity index (χ4n) is 1.55. The van der Waals surface area contributed by atoms with Crippen molar-refractivity contribution in [3.63, 3.8) is 0 Å². The van der Waals surface area contributed by atoms with Gasteiger partial charge in [-0.1, -0.05) is 44.5 Å². The molecule has 1 heteroatoms. The highest BCUT2D eigenvalue weighted by Crippen LogP contribution is 2.26. The molecule has 1 aromatic rings. The zero-order valence-corrected chi connectivity index (χ0v) is 10.4. The van der Waals surface area contributed by atoms with Crippen LogP contribution < -0.4 is 0 Å². The summed E-state index contributed by atoms with van der Waals surface area (Å²) in [4.78, 5) is 0. The van der Waals surface area contributed by atoms with Crippen molar-refractivity contribution >= 4 is 9.24 Å². The molecular formula is C13H21P. The molecule has 2 atom stereocenters. The van der Waals surface area contributed by atoms with Gasteiger partial charge in [-0.25, -0.2) is 0 Å². The van der Waals surface area contributed by atoms with Crippen molar-refractivity contribution in [1.82, 2.24) is 0 Å². The van der Waals surface area contributed by atoms with Crippen LogP contribution in [0, 0.1) is 0 Å². The van der Waals surface area contributed by atoms with Crippen molar-refractivity contribution in [3.8, 4) is 0 Å². The van der Waals surface area contributed by atoms with E-state index in [4.69, 9.17) is 0 Å². The zero-order chi connectivity index (χ0) is 10.4. The molecule has 0 bridgehead atoms. The van der Waals surface area contributed by atoms with Gasteiger partial charge in [-0.15, -0.1) is 9.24 Å². The molecule has 0 spiro atoms. The van der Waals surface area contributed by atoms with E-state index in [0.717, 1.165) is 0 Å². The van der Waals surface area contributed by atoms with Gasteiger partial charge in [0.2, 0.25) is 0 Å². The summed E-state index contributed by atoms with van der Waals surface area (Å²) in [6.45, 7) is 4.47. The highest BCUT2D eigenvalue weighted by Gasteiger charge is 2.01. The first-order valence-corrected chi connectivity index (χ1v) is 6.29. The Bertz CT molecular complexity index is 250. The van der Waals surface area contributed by atoms with Gasteiger partial charge in [-0.2, -0.15) is 0 Å². The van der Waals surface area contributed by atoms with Gasteiger partial charge in [0.25, 0.3) is 0 Å². The minimum Gasteiger partial charge on any atom is -0.130 e. The van der Waals surface area contributed by atoms with E-state index in [1.54, 1.807) is 0 Å². The summed E-state index contributed by atoms with van der Waals surface area (Å²) >= 11 is 0. The van der Waals surface area contributed by atoms with Crippen molar-refractivity contribution in [3.05, 3.63) is 35.4 Å². The molecule has 0 aliphatic heterocycles. The SMILES string of the molecule is CCCCc1ccc(C(P)CC)cc1. The number of aryl methyl sites for hydroxylation is 1. The van der Waals surface area contributed by atoms with E-state index in [1.807, 2.05) is 0 Å². The minimum absolute atomic E-state index is 0.621. The van der Waals surface area contributed by atoms with Crippen LogP contribution in [0.2, 0.25) is 0 Å². The lowest BCUT2D eigenvalue weighted by atomic mass is 10.0. The molecule has 0 N–H and O–H groups in total. The molecule has 0 nitrogen and oxygen atoms in total. The summed E-state index contributed by atoms with van der Waals surface area (Å²) < 4.78 is 0. The number of unbranched alkanes of at least 4 members (excludes halogenated alkanes) is 1. The van der Waals surface area contributed by atoms with Gasteiger partial charge in [0.05, 0.1) is 0 Å². The van der Waals surface area contributed by atoms with E-state index in [1.165, 1.54) is 36.8 Å². The van der Waals surface area contributed by atoms with Crippen LogP contribution in [0.1, 0.15) is 49.9 Å². The van der Waals surface area contributed by atoms with Crippen LogP contribution >= 0.6 is 9.24 Å². The third-order valence-corrected chi connectivity index (χ3v) is 3.52. The molecule has 0 aromatic heterocycles. The fourth-order valence-corrected chi connectivity index (χ4v) is 1.77. The first kappa shape index (κ1) is 11.7. The van der Waals surface area contributed by atoms with Crippen LogP contribution in [0.15, 0.2) is 24.3 Å². The third kappa shape index (κ3) is 3.42. The van der Waals surface area contributed by atoms with Crippen molar-refractivity contribution in [1.29, 1.82) is 0 Å². The lowest BCUT2D eigenvalue weighted by Gasteiger charge is -2.09. The van der Waals surface area contributed by atoms with Crippen LogP contribution in [0.25, 0.3) is 0 Å². The number of hydrogen-bond donors (Lipinski definition) is 0. The number of benzene rings is 1. The summed E-state index contributed by atoms with van der Waals surface area (Å²) in [7, 11) is 2.90. The maximum atomic E-state index is 2.90. The molecular weight excluding hydrogens is 187 g/mol. The second-order valence-electron chi connectivity index (χ2n) is 3.86. The molecule has 0 aliphatic carbocycles. The molecule has 0 aliphatic rings.